The Morgan fingerprint density at radius 2 is 2.00 bits per heavy atom. The van der Waals surface area contributed by atoms with Crippen LogP contribution in [-0.2, 0) is 9.59 Å². The largest absolute Gasteiger partial charge is 0.481 e. The zero-order valence-electron chi connectivity index (χ0n) is 8.95. The van der Waals surface area contributed by atoms with Crippen LogP contribution in [0.2, 0.25) is 0 Å². The van der Waals surface area contributed by atoms with Crippen LogP contribution in [0.15, 0.2) is 0 Å². The van der Waals surface area contributed by atoms with Gasteiger partial charge in [-0.2, -0.15) is 0 Å². The Balaban J connectivity index is 2.49. The summed E-state index contributed by atoms with van der Waals surface area (Å²) in [5.41, 5.74) is 0. The van der Waals surface area contributed by atoms with E-state index in [0.717, 1.165) is 19.3 Å². The van der Waals surface area contributed by atoms with Crippen molar-refractivity contribution < 1.29 is 14.7 Å². The summed E-state index contributed by atoms with van der Waals surface area (Å²) in [7, 11) is 1.69. The van der Waals surface area contributed by atoms with E-state index >= 15 is 0 Å². The van der Waals surface area contributed by atoms with E-state index < -0.39 is 11.9 Å². The second-order valence-corrected chi connectivity index (χ2v) is 3.93. The summed E-state index contributed by atoms with van der Waals surface area (Å²) < 4.78 is 0. The normalized spacial score (nSPS) is 25.9. The lowest BCUT2D eigenvalue weighted by Gasteiger charge is -2.29. The van der Waals surface area contributed by atoms with Crippen molar-refractivity contribution in [2.45, 2.75) is 31.7 Å². The highest BCUT2D eigenvalue weighted by atomic mass is 16.4. The number of carbonyl (C=O) groups is 2. The first kappa shape index (κ1) is 12.0. The van der Waals surface area contributed by atoms with Crippen molar-refractivity contribution in [3.63, 3.8) is 0 Å². The molecule has 1 aliphatic carbocycles. The SMILES string of the molecule is CNCC(=O)NC1CCCCC1C(=O)O. The Hall–Kier alpha value is -1.10. The zero-order chi connectivity index (χ0) is 11.3. The summed E-state index contributed by atoms with van der Waals surface area (Å²) in [6.45, 7) is 0.239. The average Bonchev–Trinajstić information content (AvgIpc) is 2.18. The van der Waals surface area contributed by atoms with Gasteiger partial charge in [-0.25, -0.2) is 0 Å². The van der Waals surface area contributed by atoms with Crippen molar-refractivity contribution in [1.29, 1.82) is 0 Å². The number of likely N-dealkylation sites (N-methyl/N-ethyl adjacent to an activating group) is 1. The molecule has 0 radical (unpaired) electrons. The number of amides is 1. The van der Waals surface area contributed by atoms with Gasteiger partial charge in [0.05, 0.1) is 12.5 Å². The van der Waals surface area contributed by atoms with E-state index in [4.69, 9.17) is 5.11 Å². The van der Waals surface area contributed by atoms with Gasteiger partial charge in [-0.05, 0) is 19.9 Å². The van der Waals surface area contributed by atoms with E-state index in [-0.39, 0.29) is 18.5 Å². The highest BCUT2D eigenvalue weighted by Crippen LogP contribution is 2.24. The number of rotatable bonds is 4. The maximum atomic E-state index is 11.3. The minimum atomic E-state index is -0.801. The molecule has 0 aromatic carbocycles. The molecule has 0 heterocycles. The Morgan fingerprint density at radius 1 is 1.33 bits per heavy atom. The minimum absolute atomic E-state index is 0.129. The van der Waals surface area contributed by atoms with Gasteiger partial charge >= 0.3 is 5.97 Å². The maximum Gasteiger partial charge on any atom is 0.308 e. The summed E-state index contributed by atoms with van der Waals surface area (Å²) in [5, 5.41) is 14.5. The van der Waals surface area contributed by atoms with Crippen LogP contribution < -0.4 is 10.6 Å². The van der Waals surface area contributed by atoms with Gasteiger partial charge in [0, 0.05) is 6.04 Å². The molecule has 0 bridgehead atoms. The predicted octanol–water partition coefficient (Wildman–Crippen LogP) is -0.0346. The van der Waals surface area contributed by atoms with Gasteiger partial charge in [0.1, 0.15) is 0 Å². The van der Waals surface area contributed by atoms with Crippen LogP contribution in [0.25, 0.3) is 0 Å². The minimum Gasteiger partial charge on any atom is -0.481 e. The third-order valence-corrected chi connectivity index (χ3v) is 2.77. The van der Waals surface area contributed by atoms with E-state index in [1.165, 1.54) is 0 Å². The molecule has 3 N–H and O–H groups in total. The number of carboxylic acid groups (broad SMARTS) is 1. The van der Waals surface area contributed by atoms with Crippen LogP contribution in [0.5, 0.6) is 0 Å². The molecule has 1 rings (SSSR count). The van der Waals surface area contributed by atoms with Crippen molar-refractivity contribution in [3.8, 4) is 0 Å². The first-order chi connectivity index (χ1) is 7.15. The maximum absolute atomic E-state index is 11.3. The van der Waals surface area contributed by atoms with Crippen molar-refractivity contribution in [3.05, 3.63) is 0 Å². The molecular formula is C10H18N2O3. The van der Waals surface area contributed by atoms with Crippen molar-refractivity contribution in [2.24, 2.45) is 5.92 Å². The molecule has 0 aromatic rings. The molecule has 1 fully saturated rings. The molecule has 1 aliphatic rings. The molecule has 0 spiro atoms. The summed E-state index contributed by atoms with van der Waals surface area (Å²) in [5.74, 6) is -1.35. The van der Waals surface area contributed by atoms with Crippen LogP contribution in [0.1, 0.15) is 25.7 Å². The molecule has 86 valence electrons. The molecule has 0 aliphatic heterocycles. The molecular weight excluding hydrogens is 196 g/mol. The standard InChI is InChI=1S/C10H18N2O3/c1-11-6-9(13)12-8-5-3-2-4-7(8)10(14)15/h7-8,11H,2-6H2,1H3,(H,12,13)(H,14,15). The molecule has 2 atom stereocenters. The molecule has 5 nitrogen and oxygen atoms in total. The number of hydrogen-bond donors (Lipinski definition) is 3. The fourth-order valence-corrected chi connectivity index (χ4v) is 2.02. The fraction of sp³-hybridized carbons (Fsp3) is 0.800. The van der Waals surface area contributed by atoms with Gasteiger partial charge in [-0.1, -0.05) is 12.8 Å². The Bertz CT molecular complexity index is 243. The van der Waals surface area contributed by atoms with Crippen LogP contribution >= 0.6 is 0 Å². The molecule has 2 unspecified atom stereocenters. The molecule has 15 heavy (non-hydrogen) atoms. The summed E-state index contributed by atoms with van der Waals surface area (Å²) in [6.07, 6.45) is 3.37. The second-order valence-electron chi connectivity index (χ2n) is 3.93. The molecule has 0 aromatic heterocycles. The fourth-order valence-electron chi connectivity index (χ4n) is 2.02. The lowest BCUT2D eigenvalue weighted by atomic mass is 9.84. The highest BCUT2D eigenvalue weighted by molar-refractivity contribution is 5.79. The van der Waals surface area contributed by atoms with E-state index in [1.807, 2.05) is 0 Å². The van der Waals surface area contributed by atoms with E-state index in [2.05, 4.69) is 10.6 Å². The molecule has 1 amide bonds. The molecule has 5 heteroatoms. The van der Waals surface area contributed by atoms with Crippen molar-refractivity contribution in [2.75, 3.05) is 13.6 Å². The van der Waals surface area contributed by atoms with Crippen LogP contribution in [0.4, 0.5) is 0 Å². The number of nitrogens with one attached hydrogen (secondary N) is 2. The monoisotopic (exact) mass is 214 g/mol. The van der Waals surface area contributed by atoms with E-state index in [9.17, 15) is 9.59 Å². The summed E-state index contributed by atoms with van der Waals surface area (Å²) in [4.78, 5) is 22.3. The van der Waals surface area contributed by atoms with E-state index in [0.29, 0.717) is 6.42 Å². The Kier molecular flexibility index (Phi) is 4.55. The van der Waals surface area contributed by atoms with Gasteiger partial charge in [-0.3, -0.25) is 9.59 Å². The second kappa shape index (κ2) is 5.70. The highest BCUT2D eigenvalue weighted by Gasteiger charge is 2.31. The van der Waals surface area contributed by atoms with Crippen molar-refractivity contribution >= 4 is 11.9 Å². The lowest BCUT2D eigenvalue weighted by molar-refractivity contribution is -0.144. The third kappa shape index (κ3) is 3.51. The molecule has 0 saturated heterocycles. The third-order valence-electron chi connectivity index (χ3n) is 2.77. The summed E-state index contributed by atoms with van der Waals surface area (Å²) in [6, 6.07) is -0.197. The molecule has 1 saturated carbocycles. The van der Waals surface area contributed by atoms with Gasteiger partial charge in [-0.15, -0.1) is 0 Å². The first-order valence-electron chi connectivity index (χ1n) is 5.32. The number of carbonyl (C=O) groups excluding carboxylic acids is 1. The summed E-state index contributed by atoms with van der Waals surface area (Å²) >= 11 is 0. The van der Waals surface area contributed by atoms with Crippen molar-refractivity contribution in [1.82, 2.24) is 10.6 Å². The van der Waals surface area contributed by atoms with Gasteiger partial charge in [0.25, 0.3) is 0 Å². The van der Waals surface area contributed by atoms with E-state index in [1.54, 1.807) is 7.05 Å². The van der Waals surface area contributed by atoms with Crippen LogP contribution in [-0.4, -0.2) is 36.6 Å². The Labute approximate surface area is 89.2 Å². The van der Waals surface area contributed by atoms with Gasteiger partial charge in [0.15, 0.2) is 0 Å². The topological polar surface area (TPSA) is 78.4 Å². The lowest BCUT2D eigenvalue weighted by Crippen LogP contribution is -2.47. The smallest absolute Gasteiger partial charge is 0.308 e. The number of carboxylic acids is 1. The quantitative estimate of drug-likeness (QED) is 0.614. The Morgan fingerprint density at radius 3 is 2.60 bits per heavy atom. The average molecular weight is 214 g/mol. The van der Waals surface area contributed by atoms with Crippen LogP contribution in [0.3, 0.4) is 0 Å². The van der Waals surface area contributed by atoms with Crippen LogP contribution in [0, 0.1) is 5.92 Å². The number of hydrogen-bond acceptors (Lipinski definition) is 3. The zero-order valence-corrected chi connectivity index (χ0v) is 8.95. The van der Waals surface area contributed by atoms with Gasteiger partial charge in [0.2, 0.25) is 5.91 Å². The number of aliphatic carboxylic acids is 1. The first-order valence-corrected chi connectivity index (χ1v) is 5.32. The van der Waals surface area contributed by atoms with Gasteiger partial charge < -0.3 is 15.7 Å². The predicted molar refractivity (Wildman–Crippen MR) is 55.5 cm³/mol.